The van der Waals surface area contributed by atoms with Gasteiger partial charge in [0.2, 0.25) is 11.8 Å². The number of rotatable bonds is 7. The van der Waals surface area contributed by atoms with E-state index in [4.69, 9.17) is 5.26 Å². The molecule has 106 valence electrons. The molecule has 20 heavy (non-hydrogen) atoms. The first-order chi connectivity index (χ1) is 9.63. The quantitative estimate of drug-likeness (QED) is 0.740. The summed E-state index contributed by atoms with van der Waals surface area (Å²) in [5, 5.41) is 13.7. The minimum absolute atomic E-state index is 0.0553. The van der Waals surface area contributed by atoms with Crippen LogP contribution in [0.3, 0.4) is 0 Å². The Labute approximate surface area is 126 Å². The molecule has 2 N–H and O–H groups in total. The largest absolute Gasteiger partial charge is 0.356 e. The normalized spacial score (nSPS) is 9.60. The summed E-state index contributed by atoms with van der Waals surface area (Å²) in [5.74, 6) is -0.340. The number of hydrogen-bond donors (Lipinski definition) is 2. The third-order valence-corrected chi connectivity index (χ3v) is 3.32. The third-order valence-electron chi connectivity index (χ3n) is 2.55. The van der Waals surface area contributed by atoms with Crippen molar-refractivity contribution in [3.05, 3.63) is 34.3 Å². The maximum atomic E-state index is 11.7. The number of benzene rings is 1. The maximum Gasteiger partial charge on any atom is 0.234 e. The Morgan fingerprint density at radius 3 is 2.45 bits per heavy atom. The summed E-state index contributed by atoms with van der Waals surface area (Å²) in [6.45, 7) is 0.950. The van der Waals surface area contributed by atoms with Gasteiger partial charge in [0, 0.05) is 17.6 Å². The molecule has 0 fully saturated rings. The van der Waals surface area contributed by atoms with Crippen LogP contribution >= 0.6 is 15.9 Å². The van der Waals surface area contributed by atoms with E-state index in [9.17, 15) is 9.59 Å². The molecule has 0 bridgehead atoms. The first kappa shape index (κ1) is 16.2. The molecule has 0 radical (unpaired) electrons. The molecule has 0 aliphatic heterocycles. The van der Waals surface area contributed by atoms with Gasteiger partial charge in [-0.05, 0) is 18.1 Å². The van der Waals surface area contributed by atoms with E-state index >= 15 is 0 Å². The van der Waals surface area contributed by atoms with Crippen LogP contribution in [0.4, 0.5) is 0 Å². The number of hydrogen-bond acceptors (Lipinski definition) is 3. The molecule has 0 atom stereocenters. The van der Waals surface area contributed by atoms with E-state index in [-0.39, 0.29) is 18.2 Å². The van der Waals surface area contributed by atoms with Crippen molar-refractivity contribution in [3.63, 3.8) is 0 Å². The van der Waals surface area contributed by atoms with Gasteiger partial charge in [0.25, 0.3) is 0 Å². The SMILES string of the molecule is N#CCC(=O)NCCCNC(=O)Cc1ccccc1Br. The molecule has 0 aromatic heterocycles. The highest BCUT2D eigenvalue weighted by Crippen LogP contribution is 2.15. The van der Waals surface area contributed by atoms with E-state index in [1.807, 2.05) is 24.3 Å². The van der Waals surface area contributed by atoms with Crippen molar-refractivity contribution < 1.29 is 9.59 Å². The zero-order chi connectivity index (χ0) is 14.8. The van der Waals surface area contributed by atoms with Gasteiger partial charge in [-0.15, -0.1) is 0 Å². The first-order valence-electron chi connectivity index (χ1n) is 6.27. The van der Waals surface area contributed by atoms with Gasteiger partial charge >= 0.3 is 0 Å². The standard InChI is InChI=1S/C14H16BrN3O2/c15-12-5-2-1-4-11(12)10-14(20)18-9-3-8-17-13(19)6-7-16/h1-2,4-5H,3,6,8-10H2,(H,17,19)(H,18,20). The summed E-state index contributed by atoms with van der Waals surface area (Å²) in [5.41, 5.74) is 0.937. The van der Waals surface area contributed by atoms with Crippen molar-refractivity contribution >= 4 is 27.7 Å². The summed E-state index contributed by atoms with van der Waals surface area (Å²) in [4.78, 5) is 22.7. The van der Waals surface area contributed by atoms with Crippen LogP contribution in [-0.2, 0) is 16.0 Å². The molecular weight excluding hydrogens is 322 g/mol. The predicted molar refractivity (Wildman–Crippen MR) is 78.7 cm³/mol. The zero-order valence-corrected chi connectivity index (χ0v) is 12.6. The minimum atomic E-state index is -0.285. The molecule has 1 aromatic carbocycles. The molecule has 0 spiro atoms. The van der Waals surface area contributed by atoms with Crippen molar-refractivity contribution in [3.8, 4) is 6.07 Å². The summed E-state index contributed by atoms with van der Waals surface area (Å²) in [6.07, 6.45) is 0.829. The van der Waals surface area contributed by atoms with Crippen LogP contribution in [0.25, 0.3) is 0 Å². The van der Waals surface area contributed by atoms with Gasteiger partial charge in [0.1, 0.15) is 6.42 Å². The van der Waals surface area contributed by atoms with E-state index in [1.54, 1.807) is 6.07 Å². The fraction of sp³-hybridized carbons (Fsp3) is 0.357. The second-order valence-corrected chi connectivity index (χ2v) is 5.01. The Morgan fingerprint density at radius 2 is 1.80 bits per heavy atom. The molecule has 6 heteroatoms. The summed E-state index contributed by atoms with van der Waals surface area (Å²) in [7, 11) is 0. The lowest BCUT2D eigenvalue weighted by Gasteiger charge is -2.07. The topological polar surface area (TPSA) is 82.0 Å². The highest BCUT2D eigenvalue weighted by Gasteiger charge is 2.05. The van der Waals surface area contributed by atoms with Crippen LogP contribution < -0.4 is 10.6 Å². The van der Waals surface area contributed by atoms with Crippen LogP contribution in [0.15, 0.2) is 28.7 Å². The van der Waals surface area contributed by atoms with Gasteiger partial charge in [-0.2, -0.15) is 5.26 Å². The number of carbonyl (C=O) groups is 2. The third kappa shape index (κ3) is 6.34. The summed E-state index contributed by atoms with van der Waals surface area (Å²) < 4.78 is 0.916. The molecule has 0 heterocycles. The molecule has 2 amide bonds. The zero-order valence-electron chi connectivity index (χ0n) is 11.0. The van der Waals surface area contributed by atoms with Crippen LogP contribution in [0, 0.1) is 11.3 Å². The van der Waals surface area contributed by atoms with Crippen LogP contribution in [0.2, 0.25) is 0 Å². The van der Waals surface area contributed by atoms with E-state index in [1.165, 1.54) is 0 Å². The Hall–Kier alpha value is -1.87. The lowest BCUT2D eigenvalue weighted by Crippen LogP contribution is -2.30. The lowest BCUT2D eigenvalue weighted by atomic mass is 10.1. The molecule has 1 aromatic rings. The highest BCUT2D eigenvalue weighted by atomic mass is 79.9. The molecule has 0 saturated carbocycles. The molecule has 0 aliphatic carbocycles. The van der Waals surface area contributed by atoms with E-state index in [0.717, 1.165) is 10.0 Å². The highest BCUT2D eigenvalue weighted by molar-refractivity contribution is 9.10. The van der Waals surface area contributed by atoms with Crippen molar-refractivity contribution in [1.82, 2.24) is 10.6 Å². The summed E-state index contributed by atoms with van der Waals surface area (Å²) >= 11 is 3.39. The molecular formula is C14H16BrN3O2. The van der Waals surface area contributed by atoms with Gasteiger partial charge in [-0.3, -0.25) is 9.59 Å². The number of nitrogens with one attached hydrogen (secondary N) is 2. The smallest absolute Gasteiger partial charge is 0.234 e. The number of carbonyl (C=O) groups excluding carboxylic acids is 2. The molecule has 0 unspecified atom stereocenters. The number of nitriles is 1. The fourth-order valence-corrected chi connectivity index (χ4v) is 1.98. The van der Waals surface area contributed by atoms with Gasteiger partial charge in [0.05, 0.1) is 12.5 Å². The maximum absolute atomic E-state index is 11.7. The Morgan fingerprint density at radius 1 is 1.15 bits per heavy atom. The molecule has 5 nitrogen and oxygen atoms in total. The van der Waals surface area contributed by atoms with Gasteiger partial charge in [-0.25, -0.2) is 0 Å². The number of halogens is 1. The molecule has 0 saturated heterocycles. The van der Waals surface area contributed by atoms with Crippen LogP contribution in [0.1, 0.15) is 18.4 Å². The van der Waals surface area contributed by atoms with Crippen molar-refractivity contribution in [2.24, 2.45) is 0 Å². The van der Waals surface area contributed by atoms with Crippen LogP contribution in [-0.4, -0.2) is 24.9 Å². The first-order valence-corrected chi connectivity index (χ1v) is 7.06. The Bertz CT molecular complexity index is 511. The molecule has 1 rings (SSSR count). The average Bonchev–Trinajstić information content (AvgIpc) is 2.41. The van der Waals surface area contributed by atoms with E-state index < -0.39 is 0 Å². The summed E-state index contributed by atoms with van der Waals surface area (Å²) in [6, 6.07) is 9.35. The number of amides is 2. The van der Waals surface area contributed by atoms with Crippen molar-refractivity contribution in [2.75, 3.05) is 13.1 Å². The predicted octanol–water partition coefficient (Wildman–Crippen LogP) is 1.53. The van der Waals surface area contributed by atoms with E-state index in [0.29, 0.717) is 25.9 Å². The lowest BCUT2D eigenvalue weighted by molar-refractivity contribution is -0.120. The van der Waals surface area contributed by atoms with Crippen molar-refractivity contribution in [2.45, 2.75) is 19.3 Å². The Kier molecular flexibility index (Phi) is 7.36. The Balaban J connectivity index is 2.17. The van der Waals surface area contributed by atoms with Crippen molar-refractivity contribution in [1.29, 1.82) is 5.26 Å². The van der Waals surface area contributed by atoms with Gasteiger partial charge in [-0.1, -0.05) is 34.1 Å². The minimum Gasteiger partial charge on any atom is -0.356 e. The fourth-order valence-electron chi connectivity index (χ4n) is 1.56. The van der Waals surface area contributed by atoms with Gasteiger partial charge in [0.15, 0.2) is 0 Å². The van der Waals surface area contributed by atoms with Gasteiger partial charge < -0.3 is 10.6 Å². The number of nitrogens with zero attached hydrogens (tertiary/aromatic N) is 1. The second kappa shape index (κ2) is 9.10. The average molecular weight is 338 g/mol. The van der Waals surface area contributed by atoms with Crippen LogP contribution in [0.5, 0.6) is 0 Å². The monoisotopic (exact) mass is 337 g/mol. The van der Waals surface area contributed by atoms with E-state index in [2.05, 4.69) is 26.6 Å². The molecule has 0 aliphatic rings. The second-order valence-electron chi connectivity index (χ2n) is 4.16.